The van der Waals surface area contributed by atoms with E-state index < -0.39 is 0 Å². The van der Waals surface area contributed by atoms with Crippen molar-refractivity contribution in [2.75, 3.05) is 26.3 Å². The summed E-state index contributed by atoms with van der Waals surface area (Å²) < 4.78 is 5.24. The minimum absolute atomic E-state index is 0.321. The lowest BCUT2D eigenvalue weighted by Crippen LogP contribution is -2.40. The van der Waals surface area contributed by atoms with Gasteiger partial charge in [-0.25, -0.2) is 0 Å². The van der Waals surface area contributed by atoms with Crippen molar-refractivity contribution in [3.63, 3.8) is 0 Å². The Hall–Kier alpha value is -0.570. The van der Waals surface area contributed by atoms with Crippen LogP contribution in [0.2, 0.25) is 0 Å². The summed E-state index contributed by atoms with van der Waals surface area (Å²) in [6, 6.07) is 0. The van der Waals surface area contributed by atoms with E-state index in [1.807, 2.05) is 4.90 Å². The molecule has 0 aromatic carbocycles. The van der Waals surface area contributed by atoms with Crippen LogP contribution in [0.5, 0.6) is 0 Å². The minimum Gasteiger partial charge on any atom is -0.378 e. The molecule has 0 spiro atoms. The number of amides is 1. The number of unbranched alkanes of at least 4 members (excludes halogenated alkanes) is 6. The molecule has 0 aromatic heterocycles. The number of ether oxygens (including phenoxy) is 1. The van der Waals surface area contributed by atoms with Gasteiger partial charge in [-0.2, -0.15) is 0 Å². The van der Waals surface area contributed by atoms with Gasteiger partial charge in [0.05, 0.1) is 13.2 Å². The van der Waals surface area contributed by atoms with Gasteiger partial charge in [0.1, 0.15) is 0 Å². The van der Waals surface area contributed by atoms with Crippen LogP contribution < -0.4 is 0 Å². The van der Waals surface area contributed by atoms with Crippen LogP contribution in [0, 0.1) is 0 Å². The maximum absolute atomic E-state index is 11.8. The maximum atomic E-state index is 11.8. The molecule has 0 aliphatic carbocycles. The molecule has 100 valence electrons. The smallest absolute Gasteiger partial charge is 0.222 e. The van der Waals surface area contributed by atoms with Crippen molar-refractivity contribution in [2.24, 2.45) is 0 Å². The first-order valence-electron chi connectivity index (χ1n) is 7.20. The largest absolute Gasteiger partial charge is 0.378 e. The Bertz CT molecular complexity index is 200. The van der Waals surface area contributed by atoms with Crippen molar-refractivity contribution in [2.45, 2.75) is 58.3 Å². The SMILES string of the molecule is CCCCCCCCCC(=O)N1CCOCC1. The number of morpholine rings is 1. The predicted octanol–water partition coefficient (Wildman–Crippen LogP) is 2.99. The molecule has 0 aromatic rings. The first-order valence-corrected chi connectivity index (χ1v) is 7.20. The molecule has 1 aliphatic heterocycles. The van der Waals surface area contributed by atoms with Crippen LogP contribution in [0.4, 0.5) is 0 Å². The zero-order chi connectivity index (χ0) is 12.3. The van der Waals surface area contributed by atoms with E-state index >= 15 is 0 Å². The van der Waals surface area contributed by atoms with E-state index in [0.717, 1.165) is 25.9 Å². The molecule has 0 bridgehead atoms. The Kier molecular flexibility index (Phi) is 8.06. The quantitative estimate of drug-likeness (QED) is 0.611. The lowest BCUT2D eigenvalue weighted by atomic mass is 10.1. The van der Waals surface area contributed by atoms with Crippen LogP contribution in [0.15, 0.2) is 0 Å². The van der Waals surface area contributed by atoms with E-state index in [-0.39, 0.29) is 0 Å². The molecule has 1 fully saturated rings. The van der Waals surface area contributed by atoms with Crippen molar-refractivity contribution in [1.82, 2.24) is 4.90 Å². The van der Waals surface area contributed by atoms with Crippen LogP contribution in [-0.2, 0) is 9.53 Å². The van der Waals surface area contributed by atoms with Gasteiger partial charge in [0.25, 0.3) is 0 Å². The topological polar surface area (TPSA) is 29.5 Å². The average molecular weight is 241 g/mol. The summed E-state index contributed by atoms with van der Waals surface area (Å²) >= 11 is 0. The second kappa shape index (κ2) is 9.46. The van der Waals surface area contributed by atoms with Gasteiger partial charge in [-0.1, -0.05) is 45.4 Å². The zero-order valence-electron chi connectivity index (χ0n) is 11.2. The van der Waals surface area contributed by atoms with Crippen LogP contribution >= 0.6 is 0 Å². The van der Waals surface area contributed by atoms with Gasteiger partial charge in [-0.15, -0.1) is 0 Å². The Morgan fingerprint density at radius 3 is 2.24 bits per heavy atom. The average Bonchev–Trinajstić information content (AvgIpc) is 2.38. The van der Waals surface area contributed by atoms with Gasteiger partial charge >= 0.3 is 0 Å². The Labute approximate surface area is 106 Å². The van der Waals surface area contributed by atoms with Gasteiger partial charge < -0.3 is 9.64 Å². The van der Waals surface area contributed by atoms with Gasteiger partial charge in [-0.3, -0.25) is 4.79 Å². The Morgan fingerprint density at radius 1 is 1.00 bits per heavy atom. The van der Waals surface area contributed by atoms with Crippen molar-refractivity contribution < 1.29 is 9.53 Å². The number of rotatable bonds is 8. The number of carbonyl (C=O) groups is 1. The van der Waals surface area contributed by atoms with E-state index in [4.69, 9.17) is 4.74 Å². The molecule has 0 saturated carbocycles. The Balaban J connectivity index is 1.92. The molecule has 1 heterocycles. The fraction of sp³-hybridized carbons (Fsp3) is 0.929. The summed E-state index contributed by atoms with van der Waals surface area (Å²) in [5.74, 6) is 0.321. The van der Waals surface area contributed by atoms with Gasteiger partial charge in [-0.05, 0) is 6.42 Å². The number of hydrogen-bond donors (Lipinski definition) is 0. The molecule has 1 saturated heterocycles. The summed E-state index contributed by atoms with van der Waals surface area (Å²) in [5.41, 5.74) is 0. The van der Waals surface area contributed by atoms with Gasteiger partial charge in [0.15, 0.2) is 0 Å². The molecule has 17 heavy (non-hydrogen) atoms. The first-order chi connectivity index (χ1) is 8.34. The zero-order valence-corrected chi connectivity index (χ0v) is 11.2. The number of hydrogen-bond acceptors (Lipinski definition) is 2. The highest BCUT2D eigenvalue weighted by atomic mass is 16.5. The summed E-state index contributed by atoms with van der Waals surface area (Å²) in [6.07, 6.45) is 9.63. The van der Waals surface area contributed by atoms with Gasteiger partial charge in [0.2, 0.25) is 5.91 Å². The van der Waals surface area contributed by atoms with Crippen LogP contribution in [0.25, 0.3) is 0 Å². The number of nitrogens with zero attached hydrogens (tertiary/aromatic N) is 1. The molecule has 1 aliphatic rings. The normalized spacial score (nSPS) is 16.2. The van der Waals surface area contributed by atoms with E-state index in [0.29, 0.717) is 19.1 Å². The predicted molar refractivity (Wildman–Crippen MR) is 70.0 cm³/mol. The van der Waals surface area contributed by atoms with E-state index in [1.54, 1.807) is 0 Å². The van der Waals surface area contributed by atoms with E-state index in [9.17, 15) is 4.79 Å². The van der Waals surface area contributed by atoms with Gasteiger partial charge in [0, 0.05) is 19.5 Å². The van der Waals surface area contributed by atoms with Crippen molar-refractivity contribution >= 4 is 5.91 Å². The van der Waals surface area contributed by atoms with Crippen molar-refractivity contribution in [3.05, 3.63) is 0 Å². The second-order valence-electron chi connectivity index (χ2n) is 4.86. The molecule has 0 unspecified atom stereocenters. The minimum atomic E-state index is 0.321. The molecule has 1 amide bonds. The molecular formula is C14H27NO2. The lowest BCUT2D eigenvalue weighted by molar-refractivity contribution is -0.135. The molecule has 0 radical (unpaired) electrons. The highest BCUT2D eigenvalue weighted by Crippen LogP contribution is 2.10. The second-order valence-corrected chi connectivity index (χ2v) is 4.86. The summed E-state index contributed by atoms with van der Waals surface area (Å²) in [5, 5.41) is 0. The first kappa shape index (κ1) is 14.5. The standard InChI is InChI=1S/C14H27NO2/c1-2-3-4-5-6-7-8-9-14(16)15-10-12-17-13-11-15/h2-13H2,1H3. The van der Waals surface area contributed by atoms with Crippen molar-refractivity contribution in [1.29, 1.82) is 0 Å². The molecular weight excluding hydrogens is 214 g/mol. The van der Waals surface area contributed by atoms with E-state index in [2.05, 4.69) is 6.92 Å². The van der Waals surface area contributed by atoms with E-state index in [1.165, 1.54) is 38.5 Å². The molecule has 3 nitrogen and oxygen atoms in total. The summed E-state index contributed by atoms with van der Waals surface area (Å²) in [4.78, 5) is 13.7. The monoisotopic (exact) mass is 241 g/mol. The number of carbonyl (C=O) groups excluding carboxylic acids is 1. The fourth-order valence-corrected chi connectivity index (χ4v) is 2.20. The summed E-state index contributed by atoms with van der Waals surface area (Å²) in [6.45, 7) is 5.23. The molecule has 0 N–H and O–H groups in total. The van der Waals surface area contributed by atoms with Crippen LogP contribution in [0.3, 0.4) is 0 Å². The third-order valence-electron chi connectivity index (χ3n) is 3.36. The third kappa shape index (κ3) is 6.67. The summed E-state index contributed by atoms with van der Waals surface area (Å²) in [7, 11) is 0. The maximum Gasteiger partial charge on any atom is 0.222 e. The highest BCUT2D eigenvalue weighted by Gasteiger charge is 2.15. The lowest BCUT2D eigenvalue weighted by Gasteiger charge is -2.26. The Morgan fingerprint density at radius 2 is 1.59 bits per heavy atom. The fourth-order valence-electron chi connectivity index (χ4n) is 2.20. The molecule has 1 rings (SSSR count). The third-order valence-corrected chi connectivity index (χ3v) is 3.36. The molecule has 0 atom stereocenters. The van der Waals surface area contributed by atoms with Crippen molar-refractivity contribution in [3.8, 4) is 0 Å². The van der Waals surface area contributed by atoms with Crippen LogP contribution in [0.1, 0.15) is 58.3 Å². The highest BCUT2D eigenvalue weighted by molar-refractivity contribution is 5.76. The molecule has 3 heteroatoms. The van der Waals surface area contributed by atoms with Crippen LogP contribution in [-0.4, -0.2) is 37.1 Å².